The first-order chi connectivity index (χ1) is 9.44. The molecule has 0 saturated heterocycles. The van der Waals surface area contributed by atoms with Crippen molar-refractivity contribution in [3.63, 3.8) is 0 Å². The molecule has 2 aromatic carbocycles. The first-order valence-corrected chi connectivity index (χ1v) is 6.37. The molecule has 0 bridgehead atoms. The maximum Gasteiger partial charge on any atom is 0.401 e. The van der Waals surface area contributed by atoms with Gasteiger partial charge in [-0.3, -0.25) is 0 Å². The number of hydrogen-bond donors (Lipinski definition) is 1. The number of fused-ring (bicyclic) bond motifs is 1. The van der Waals surface area contributed by atoms with E-state index in [1.165, 1.54) is 0 Å². The number of nitrogens with one attached hydrogen (secondary N) is 1. The Labute approximate surface area is 115 Å². The van der Waals surface area contributed by atoms with E-state index in [-0.39, 0.29) is 12.6 Å². The van der Waals surface area contributed by atoms with Gasteiger partial charge in [-0.05, 0) is 29.8 Å². The van der Waals surface area contributed by atoms with Crippen molar-refractivity contribution in [1.29, 1.82) is 0 Å². The monoisotopic (exact) mass is 283 g/mol. The van der Waals surface area contributed by atoms with Crippen LogP contribution in [0.4, 0.5) is 13.2 Å². The molecule has 0 fully saturated rings. The van der Waals surface area contributed by atoms with Gasteiger partial charge in [-0.15, -0.1) is 0 Å². The molecule has 1 N–H and O–H groups in total. The minimum absolute atomic E-state index is 0.145. The Balaban J connectivity index is 1.91. The summed E-state index contributed by atoms with van der Waals surface area (Å²) in [5.74, 6) is 0.657. The molecule has 2 nitrogen and oxygen atoms in total. The molecule has 1 unspecified atom stereocenters. The molecule has 0 aliphatic carbocycles. The van der Waals surface area contributed by atoms with Crippen LogP contribution in [-0.4, -0.2) is 25.4 Å². The topological polar surface area (TPSA) is 21.3 Å². The third kappa shape index (κ3) is 4.42. The molecule has 2 aromatic rings. The van der Waals surface area contributed by atoms with E-state index >= 15 is 0 Å². The average molecular weight is 283 g/mol. The molecule has 20 heavy (non-hydrogen) atoms. The van der Waals surface area contributed by atoms with Gasteiger partial charge in [-0.2, -0.15) is 13.2 Å². The highest BCUT2D eigenvalue weighted by atomic mass is 19.4. The van der Waals surface area contributed by atoms with Gasteiger partial charge < -0.3 is 10.1 Å². The number of rotatable bonds is 5. The zero-order valence-corrected chi connectivity index (χ0v) is 11.1. The Hall–Kier alpha value is -1.75. The van der Waals surface area contributed by atoms with E-state index in [9.17, 15) is 13.2 Å². The van der Waals surface area contributed by atoms with Gasteiger partial charge in [0.15, 0.2) is 0 Å². The zero-order valence-electron chi connectivity index (χ0n) is 11.1. The highest BCUT2D eigenvalue weighted by molar-refractivity contribution is 5.83. The summed E-state index contributed by atoms with van der Waals surface area (Å²) < 4.78 is 41.6. The smallest absolute Gasteiger partial charge is 0.401 e. The van der Waals surface area contributed by atoms with Crippen molar-refractivity contribution in [1.82, 2.24) is 5.32 Å². The highest BCUT2D eigenvalue weighted by Gasteiger charge is 2.26. The van der Waals surface area contributed by atoms with Gasteiger partial charge in [-0.1, -0.05) is 30.3 Å². The second-order valence-electron chi connectivity index (χ2n) is 4.68. The lowest BCUT2D eigenvalue weighted by Crippen LogP contribution is -2.35. The number of hydrogen-bond acceptors (Lipinski definition) is 2. The summed E-state index contributed by atoms with van der Waals surface area (Å²) in [7, 11) is 0. The minimum Gasteiger partial charge on any atom is -0.489 e. The van der Waals surface area contributed by atoms with E-state index in [2.05, 4.69) is 5.32 Å². The Bertz CT molecular complexity index is 568. The molecule has 0 saturated carbocycles. The maximum atomic E-state index is 12.0. The Kier molecular flexibility index (Phi) is 4.49. The van der Waals surface area contributed by atoms with Crippen LogP contribution in [-0.2, 0) is 0 Å². The molecule has 1 atom stereocenters. The van der Waals surface area contributed by atoms with Crippen LogP contribution in [0.15, 0.2) is 42.5 Å². The van der Waals surface area contributed by atoms with Crippen LogP contribution in [0.5, 0.6) is 5.75 Å². The van der Waals surface area contributed by atoms with E-state index in [1.807, 2.05) is 42.5 Å². The fourth-order valence-corrected chi connectivity index (χ4v) is 1.93. The first kappa shape index (κ1) is 14.7. The van der Waals surface area contributed by atoms with Crippen molar-refractivity contribution in [3.8, 4) is 5.75 Å². The summed E-state index contributed by atoms with van der Waals surface area (Å²) in [6.45, 7) is 0.878. The molecule has 0 amide bonds. The highest BCUT2D eigenvalue weighted by Crippen LogP contribution is 2.21. The second-order valence-corrected chi connectivity index (χ2v) is 4.68. The van der Waals surface area contributed by atoms with Crippen molar-refractivity contribution in [2.45, 2.75) is 19.2 Å². The van der Waals surface area contributed by atoms with Crippen LogP contribution in [0.3, 0.4) is 0 Å². The van der Waals surface area contributed by atoms with Crippen molar-refractivity contribution in [2.24, 2.45) is 0 Å². The Morgan fingerprint density at radius 2 is 1.80 bits per heavy atom. The van der Waals surface area contributed by atoms with Crippen molar-refractivity contribution >= 4 is 10.8 Å². The fourth-order valence-electron chi connectivity index (χ4n) is 1.93. The van der Waals surface area contributed by atoms with Crippen molar-refractivity contribution in [3.05, 3.63) is 42.5 Å². The summed E-state index contributed by atoms with van der Waals surface area (Å²) in [6, 6.07) is 13.5. The molecular formula is C15H16F3NO. The van der Waals surface area contributed by atoms with Gasteiger partial charge >= 0.3 is 6.18 Å². The molecule has 2 rings (SSSR count). The van der Waals surface area contributed by atoms with E-state index in [4.69, 9.17) is 4.74 Å². The number of ether oxygens (including phenoxy) is 1. The van der Waals surface area contributed by atoms with Crippen LogP contribution < -0.4 is 10.1 Å². The lowest BCUT2D eigenvalue weighted by Gasteiger charge is -2.16. The van der Waals surface area contributed by atoms with Gasteiger partial charge in [0.25, 0.3) is 0 Å². The predicted octanol–water partition coefficient (Wildman–Crippen LogP) is 3.76. The Morgan fingerprint density at radius 3 is 2.50 bits per heavy atom. The molecule has 0 aliphatic rings. The van der Waals surface area contributed by atoms with Gasteiger partial charge in [-0.25, -0.2) is 0 Å². The molecule has 0 aromatic heterocycles. The lowest BCUT2D eigenvalue weighted by atomic mass is 10.1. The van der Waals surface area contributed by atoms with Crippen molar-refractivity contribution in [2.75, 3.05) is 13.1 Å². The normalized spacial score (nSPS) is 13.4. The summed E-state index contributed by atoms with van der Waals surface area (Å²) >= 11 is 0. The third-order valence-corrected chi connectivity index (χ3v) is 2.82. The van der Waals surface area contributed by atoms with E-state index < -0.39 is 12.7 Å². The predicted molar refractivity (Wildman–Crippen MR) is 73.0 cm³/mol. The van der Waals surface area contributed by atoms with E-state index in [1.54, 1.807) is 6.92 Å². The summed E-state index contributed by atoms with van der Waals surface area (Å²) in [6.07, 6.45) is -4.53. The Morgan fingerprint density at radius 1 is 1.10 bits per heavy atom. The lowest BCUT2D eigenvalue weighted by molar-refractivity contribution is -0.125. The molecule has 0 heterocycles. The van der Waals surface area contributed by atoms with Crippen LogP contribution in [0, 0.1) is 0 Å². The van der Waals surface area contributed by atoms with Crippen molar-refractivity contribution < 1.29 is 17.9 Å². The number of alkyl halides is 3. The van der Waals surface area contributed by atoms with Gasteiger partial charge in [0.05, 0.1) is 6.54 Å². The summed E-state index contributed by atoms with van der Waals surface area (Å²) in [4.78, 5) is 0. The fraction of sp³-hybridized carbons (Fsp3) is 0.333. The number of halogens is 3. The largest absolute Gasteiger partial charge is 0.489 e. The molecular weight excluding hydrogens is 267 g/mol. The molecule has 108 valence electrons. The third-order valence-electron chi connectivity index (χ3n) is 2.82. The van der Waals surface area contributed by atoms with Gasteiger partial charge in [0.1, 0.15) is 11.9 Å². The second kappa shape index (κ2) is 6.13. The number of benzene rings is 2. The molecule has 0 spiro atoms. The van der Waals surface area contributed by atoms with Gasteiger partial charge in [0.2, 0.25) is 0 Å². The SMILES string of the molecule is CC(CNCC(F)(F)F)Oc1ccc2ccccc2c1. The van der Waals surface area contributed by atoms with E-state index in [0.29, 0.717) is 5.75 Å². The zero-order chi connectivity index (χ0) is 14.6. The summed E-state index contributed by atoms with van der Waals surface area (Å²) in [5, 5.41) is 4.47. The summed E-state index contributed by atoms with van der Waals surface area (Å²) in [5.41, 5.74) is 0. The molecule has 5 heteroatoms. The quantitative estimate of drug-likeness (QED) is 0.902. The maximum absolute atomic E-state index is 12.0. The van der Waals surface area contributed by atoms with E-state index in [0.717, 1.165) is 10.8 Å². The molecule has 0 radical (unpaired) electrons. The minimum atomic E-state index is -4.19. The standard InChI is InChI=1S/C15H16F3NO/c1-11(9-19-10-15(16,17)18)20-14-7-6-12-4-2-3-5-13(12)8-14/h2-8,11,19H,9-10H2,1H3. The average Bonchev–Trinajstić information content (AvgIpc) is 2.37. The molecule has 0 aliphatic heterocycles. The van der Waals surface area contributed by atoms with Crippen LogP contribution in [0.1, 0.15) is 6.92 Å². The van der Waals surface area contributed by atoms with Crippen LogP contribution in [0.25, 0.3) is 10.8 Å². The van der Waals surface area contributed by atoms with Crippen LogP contribution >= 0.6 is 0 Å². The van der Waals surface area contributed by atoms with Gasteiger partial charge in [0, 0.05) is 6.54 Å². The first-order valence-electron chi connectivity index (χ1n) is 6.37. The van der Waals surface area contributed by atoms with Crippen LogP contribution in [0.2, 0.25) is 0 Å².